The Bertz CT molecular complexity index is 725. The molecule has 0 atom stereocenters. The van der Waals surface area contributed by atoms with E-state index in [0.29, 0.717) is 19.6 Å². The molecule has 1 fully saturated rings. The largest absolute Gasteiger partial charge is 0.349 e. The Morgan fingerprint density at radius 1 is 1.19 bits per heavy atom. The molecule has 0 spiro atoms. The Balaban J connectivity index is 1.43. The molecular weight excluding hydrogens is 358 g/mol. The Labute approximate surface area is 165 Å². The molecule has 0 saturated carbocycles. The van der Waals surface area contributed by atoms with Crippen LogP contribution in [0.1, 0.15) is 35.7 Å². The number of thiophene rings is 1. The Morgan fingerprint density at radius 2 is 1.93 bits per heavy atom. The van der Waals surface area contributed by atoms with Gasteiger partial charge >= 0.3 is 0 Å². The topological polar surface area (TPSA) is 52.7 Å². The van der Waals surface area contributed by atoms with Crippen LogP contribution in [-0.4, -0.2) is 53.8 Å². The highest BCUT2D eigenvalue weighted by atomic mass is 32.1. The van der Waals surface area contributed by atoms with Crippen molar-refractivity contribution in [1.29, 1.82) is 0 Å². The van der Waals surface area contributed by atoms with Crippen LogP contribution < -0.4 is 5.32 Å². The number of amides is 2. The number of likely N-dealkylation sites (tertiary alicyclic amines) is 1. The maximum Gasteiger partial charge on any atom is 0.252 e. The third kappa shape index (κ3) is 5.65. The summed E-state index contributed by atoms with van der Waals surface area (Å²) < 4.78 is 0. The van der Waals surface area contributed by atoms with E-state index in [4.69, 9.17) is 0 Å². The Morgan fingerprint density at radius 3 is 2.56 bits per heavy atom. The van der Waals surface area contributed by atoms with Crippen molar-refractivity contribution in [3.8, 4) is 0 Å². The van der Waals surface area contributed by atoms with Crippen molar-refractivity contribution in [3.63, 3.8) is 0 Å². The predicted octanol–water partition coefficient (Wildman–Crippen LogP) is 2.99. The SMILES string of the molecule is CCN(Cc1ccccc1)C(=O)CN1CCC(NC(=O)c2ccsc2)CC1. The summed E-state index contributed by atoms with van der Waals surface area (Å²) in [7, 11) is 0. The number of nitrogens with zero attached hydrogens (tertiary/aromatic N) is 2. The smallest absolute Gasteiger partial charge is 0.252 e. The van der Waals surface area contributed by atoms with Crippen molar-refractivity contribution in [1.82, 2.24) is 15.1 Å². The molecule has 1 aromatic carbocycles. The monoisotopic (exact) mass is 385 g/mol. The van der Waals surface area contributed by atoms with Gasteiger partial charge in [0.1, 0.15) is 0 Å². The van der Waals surface area contributed by atoms with Crippen molar-refractivity contribution in [3.05, 3.63) is 58.3 Å². The summed E-state index contributed by atoms with van der Waals surface area (Å²) in [5.41, 5.74) is 1.89. The van der Waals surface area contributed by atoms with Crippen molar-refractivity contribution in [2.45, 2.75) is 32.4 Å². The van der Waals surface area contributed by atoms with Crippen molar-refractivity contribution in [2.24, 2.45) is 0 Å². The number of benzene rings is 1. The lowest BCUT2D eigenvalue weighted by Gasteiger charge is -2.33. The molecule has 0 aliphatic carbocycles. The van der Waals surface area contributed by atoms with Gasteiger partial charge in [-0.1, -0.05) is 30.3 Å². The summed E-state index contributed by atoms with van der Waals surface area (Å²) in [6, 6.07) is 12.1. The lowest BCUT2D eigenvalue weighted by atomic mass is 10.0. The molecule has 144 valence electrons. The zero-order valence-electron chi connectivity index (χ0n) is 15.8. The normalized spacial score (nSPS) is 15.4. The molecule has 0 radical (unpaired) electrons. The van der Waals surface area contributed by atoms with Crippen LogP contribution in [0.4, 0.5) is 0 Å². The minimum Gasteiger partial charge on any atom is -0.349 e. The lowest BCUT2D eigenvalue weighted by Crippen LogP contribution is -2.48. The molecule has 2 aromatic rings. The molecule has 3 rings (SSSR count). The number of carbonyl (C=O) groups is 2. The van der Waals surface area contributed by atoms with Gasteiger partial charge in [0.15, 0.2) is 0 Å². The standard InChI is InChI=1S/C21H27N3O2S/c1-2-24(14-17-6-4-3-5-7-17)20(25)15-23-11-8-19(9-12-23)22-21(26)18-10-13-27-16-18/h3-7,10,13,16,19H,2,8-9,11-12,14-15H2,1H3,(H,22,26). The highest BCUT2D eigenvalue weighted by molar-refractivity contribution is 7.08. The van der Waals surface area contributed by atoms with Crippen LogP contribution in [0.2, 0.25) is 0 Å². The van der Waals surface area contributed by atoms with E-state index in [1.807, 2.05) is 46.8 Å². The fourth-order valence-corrected chi connectivity index (χ4v) is 4.01. The third-order valence-corrected chi connectivity index (χ3v) is 5.70. The average molecular weight is 386 g/mol. The minimum absolute atomic E-state index is 0.00537. The van der Waals surface area contributed by atoms with E-state index in [1.165, 1.54) is 11.3 Å². The highest BCUT2D eigenvalue weighted by Crippen LogP contribution is 2.13. The molecule has 2 heterocycles. The first-order chi connectivity index (χ1) is 13.2. The molecular formula is C21H27N3O2S. The van der Waals surface area contributed by atoms with Crippen LogP contribution in [0.15, 0.2) is 47.2 Å². The zero-order valence-corrected chi connectivity index (χ0v) is 16.6. The minimum atomic E-state index is 0.00537. The Hall–Kier alpha value is -2.18. The predicted molar refractivity (Wildman–Crippen MR) is 109 cm³/mol. The molecule has 1 saturated heterocycles. The van der Waals surface area contributed by atoms with Crippen LogP contribution in [0.3, 0.4) is 0 Å². The van der Waals surface area contributed by atoms with E-state index in [2.05, 4.69) is 22.3 Å². The van der Waals surface area contributed by atoms with Crippen molar-refractivity contribution >= 4 is 23.2 Å². The van der Waals surface area contributed by atoms with E-state index < -0.39 is 0 Å². The van der Waals surface area contributed by atoms with Crippen LogP contribution >= 0.6 is 11.3 Å². The quantitative estimate of drug-likeness (QED) is 0.797. The fourth-order valence-electron chi connectivity index (χ4n) is 3.37. The number of likely N-dealkylation sites (N-methyl/N-ethyl adjacent to an activating group) is 1. The van der Waals surface area contributed by atoms with E-state index in [9.17, 15) is 9.59 Å². The summed E-state index contributed by atoms with van der Waals surface area (Å²) in [6.07, 6.45) is 1.77. The van der Waals surface area contributed by atoms with Gasteiger partial charge in [-0.15, -0.1) is 0 Å². The number of nitrogens with one attached hydrogen (secondary N) is 1. The van der Waals surface area contributed by atoms with Crippen molar-refractivity contribution in [2.75, 3.05) is 26.2 Å². The molecule has 1 aliphatic heterocycles. The van der Waals surface area contributed by atoms with Gasteiger partial charge in [0, 0.05) is 43.2 Å². The van der Waals surface area contributed by atoms with Gasteiger partial charge in [0.2, 0.25) is 5.91 Å². The molecule has 2 amide bonds. The van der Waals surface area contributed by atoms with Crippen LogP contribution in [0, 0.1) is 0 Å². The van der Waals surface area contributed by atoms with Crippen LogP contribution in [0.5, 0.6) is 0 Å². The number of piperidine rings is 1. The van der Waals surface area contributed by atoms with E-state index >= 15 is 0 Å². The number of hydrogen-bond acceptors (Lipinski definition) is 4. The first-order valence-electron chi connectivity index (χ1n) is 9.53. The van der Waals surface area contributed by atoms with Gasteiger partial charge in [-0.05, 0) is 36.8 Å². The summed E-state index contributed by atoms with van der Waals surface area (Å²) >= 11 is 1.53. The van der Waals surface area contributed by atoms with Gasteiger partial charge in [-0.25, -0.2) is 0 Å². The Kier molecular flexibility index (Phi) is 7.01. The molecule has 27 heavy (non-hydrogen) atoms. The zero-order chi connectivity index (χ0) is 19.1. The van der Waals surface area contributed by atoms with E-state index in [0.717, 1.165) is 37.1 Å². The van der Waals surface area contributed by atoms with E-state index in [1.54, 1.807) is 0 Å². The maximum atomic E-state index is 12.7. The number of rotatable bonds is 7. The van der Waals surface area contributed by atoms with E-state index in [-0.39, 0.29) is 17.9 Å². The first-order valence-corrected chi connectivity index (χ1v) is 10.5. The number of hydrogen-bond donors (Lipinski definition) is 1. The van der Waals surface area contributed by atoms with Gasteiger partial charge in [0.05, 0.1) is 6.54 Å². The van der Waals surface area contributed by atoms with Crippen LogP contribution in [0.25, 0.3) is 0 Å². The van der Waals surface area contributed by atoms with Gasteiger partial charge < -0.3 is 10.2 Å². The second kappa shape index (κ2) is 9.67. The summed E-state index contributed by atoms with van der Waals surface area (Å²) in [4.78, 5) is 28.9. The van der Waals surface area contributed by atoms with Crippen molar-refractivity contribution < 1.29 is 9.59 Å². The summed E-state index contributed by atoms with van der Waals surface area (Å²) in [6.45, 7) is 5.51. The molecule has 6 heteroatoms. The highest BCUT2D eigenvalue weighted by Gasteiger charge is 2.24. The molecule has 0 bridgehead atoms. The third-order valence-electron chi connectivity index (χ3n) is 5.02. The lowest BCUT2D eigenvalue weighted by molar-refractivity contribution is -0.133. The molecule has 1 N–H and O–H groups in total. The van der Waals surface area contributed by atoms with Gasteiger partial charge in [0.25, 0.3) is 5.91 Å². The fraction of sp³-hybridized carbons (Fsp3) is 0.429. The summed E-state index contributed by atoms with van der Waals surface area (Å²) in [5.74, 6) is 0.174. The second-order valence-electron chi connectivity index (χ2n) is 6.93. The molecule has 5 nitrogen and oxygen atoms in total. The second-order valence-corrected chi connectivity index (χ2v) is 7.71. The molecule has 1 aromatic heterocycles. The number of carbonyl (C=O) groups excluding carboxylic acids is 2. The first kappa shape index (κ1) is 19.6. The molecule has 0 unspecified atom stereocenters. The molecule has 1 aliphatic rings. The van der Waals surface area contributed by atoms with Gasteiger partial charge in [-0.3, -0.25) is 14.5 Å². The van der Waals surface area contributed by atoms with Gasteiger partial charge in [-0.2, -0.15) is 11.3 Å². The average Bonchev–Trinajstić information content (AvgIpc) is 3.23. The summed E-state index contributed by atoms with van der Waals surface area (Å²) in [5, 5.41) is 6.89. The maximum absolute atomic E-state index is 12.7. The van der Waals surface area contributed by atoms with Crippen LogP contribution in [-0.2, 0) is 11.3 Å².